The van der Waals surface area contributed by atoms with Crippen molar-refractivity contribution >= 4 is 0 Å². The van der Waals surface area contributed by atoms with E-state index in [0.717, 1.165) is 6.92 Å². The van der Waals surface area contributed by atoms with E-state index in [1.54, 1.807) is 0 Å². The van der Waals surface area contributed by atoms with Crippen molar-refractivity contribution in [1.82, 2.24) is 0 Å². The van der Waals surface area contributed by atoms with Gasteiger partial charge in [-0.25, -0.2) is 0 Å². The van der Waals surface area contributed by atoms with Crippen LogP contribution in [-0.2, 0) is 0 Å². The van der Waals surface area contributed by atoms with Gasteiger partial charge in [0.15, 0.2) is 0 Å². The van der Waals surface area contributed by atoms with Crippen LogP contribution in [0.5, 0.6) is 0 Å². The molecule has 0 radical (unpaired) electrons. The molecule has 0 aliphatic heterocycles. The van der Waals surface area contributed by atoms with Crippen molar-refractivity contribution in [1.29, 1.82) is 0 Å². The van der Waals surface area contributed by atoms with Crippen molar-refractivity contribution in [2.75, 3.05) is 0 Å². The summed E-state index contributed by atoms with van der Waals surface area (Å²) in [6, 6.07) is 0. The van der Waals surface area contributed by atoms with Gasteiger partial charge in [-0.15, -0.1) is 0 Å². The highest BCUT2D eigenvalue weighted by Crippen LogP contribution is 2.46. The van der Waals surface area contributed by atoms with Crippen molar-refractivity contribution in [2.24, 2.45) is 10.8 Å². The lowest BCUT2D eigenvalue weighted by Gasteiger charge is -2.38. The van der Waals surface area contributed by atoms with Gasteiger partial charge in [-0.05, 0) is 25.2 Å². The number of hydrogen-bond donors (Lipinski definition) is 1. The molecular weight excluding hydrogens is 205 g/mol. The van der Waals surface area contributed by atoms with Crippen LogP contribution in [0.1, 0.15) is 47.5 Å². The first kappa shape index (κ1) is 14.8. The largest absolute Gasteiger partial charge is 0.396 e. The average molecular weight is 226 g/mol. The Bertz CT molecular complexity index is 205. The van der Waals surface area contributed by atoms with Gasteiger partial charge in [-0.3, -0.25) is 0 Å². The summed E-state index contributed by atoms with van der Waals surface area (Å²) in [6.07, 6.45) is -5.65. The molecule has 0 aliphatic carbocycles. The number of halogens is 3. The molecule has 0 rings (SSSR count). The fourth-order valence-corrected chi connectivity index (χ4v) is 1.43. The summed E-state index contributed by atoms with van der Waals surface area (Å²) in [5, 5.41) is 9.72. The van der Waals surface area contributed by atoms with Crippen molar-refractivity contribution in [3.05, 3.63) is 0 Å². The van der Waals surface area contributed by atoms with Crippen LogP contribution in [0, 0.1) is 10.8 Å². The van der Waals surface area contributed by atoms with E-state index < -0.39 is 17.7 Å². The second-order valence-electron chi connectivity index (χ2n) is 5.55. The lowest BCUT2D eigenvalue weighted by molar-refractivity contribution is -0.252. The third kappa shape index (κ3) is 3.67. The molecule has 0 aromatic carbocycles. The zero-order valence-electron chi connectivity index (χ0n) is 10.1. The van der Waals surface area contributed by atoms with Crippen LogP contribution >= 0.6 is 0 Å². The molecule has 4 heteroatoms. The molecule has 0 amide bonds. The van der Waals surface area contributed by atoms with Gasteiger partial charge in [0.25, 0.3) is 0 Å². The fourth-order valence-electron chi connectivity index (χ4n) is 1.43. The van der Waals surface area contributed by atoms with Crippen molar-refractivity contribution in [3.8, 4) is 0 Å². The van der Waals surface area contributed by atoms with Crippen LogP contribution < -0.4 is 0 Å². The van der Waals surface area contributed by atoms with Gasteiger partial charge in [0, 0.05) is 0 Å². The van der Waals surface area contributed by atoms with Gasteiger partial charge in [0.05, 0.1) is 11.5 Å². The summed E-state index contributed by atoms with van der Waals surface area (Å²) in [6.45, 7) is 8.01. The molecule has 1 N–H and O–H groups in total. The zero-order valence-corrected chi connectivity index (χ0v) is 10.1. The minimum Gasteiger partial charge on any atom is -0.392 e. The highest BCUT2D eigenvalue weighted by Gasteiger charge is 2.54. The normalized spacial score (nSPS) is 19.8. The number of alkyl halides is 3. The molecule has 0 spiro atoms. The Morgan fingerprint density at radius 2 is 1.47 bits per heavy atom. The predicted molar refractivity (Wildman–Crippen MR) is 54.5 cm³/mol. The topological polar surface area (TPSA) is 20.2 Å². The van der Waals surface area contributed by atoms with Gasteiger partial charge in [0.1, 0.15) is 0 Å². The lowest BCUT2D eigenvalue weighted by Crippen LogP contribution is -2.46. The highest BCUT2D eigenvalue weighted by atomic mass is 19.4. The number of hydrogen-bond acceptors (Lipinski definition) is 1. The zero-order chi connectivity index (χ0) is 12.5. The van der Waals surface area contributed by atoms with Crippen LogP contribution in [0.2, 0.25) is 0 Å². The van der Waals surface area contributed by atoms with Crippen molar-refractivity contribution in [2.45, 2.75) is 59.7 Å². The van der Waals surface area contributed by atoms with Gasteiger partial charge >= 0.3 is 6.18 Å². The Balaban J connectivity index is 4.83. The van der Waals surface area contributed by atoms with Crippen LogP contribution in [0.25, 0.3) is 0 Å². The predicted octanol–water partition coefficient (Wildman–Crippen LogP) is 3.76. The molecule has 0 saturated carbocycles. The van der Waals surface area contributed by atoms with Crippen LogP contribution in [0.3, 0.4) is 0 Å². The summed E-state index contributed by atoms with van der Waals surface area (Å²) in [5.41, 5.74) is -2.30. The SMILES string of the molecule is CCC(C)(C(O)CC(C)(C)C)C(F)(F)F. The van der Waals surface area contributed by atoms with Crippen LogP contribution in [0.4, 0.5) is 13.2 Å². The first-order valence-electron chi connectivity index (χ1n) is 5.19. The van der Waals surface area contributed by atoms with Gasteiger partial charge in [-0.1, -0.05) is 27.7 Å². The standard InChI is InChI=1S/C11H21F3O/c1-6-10(5,11(12,13)14)8(15)7-9(2,3)4/h8,15H,6-7H2,1-5H3. The van der Waals surface area contributed by atoms with E-state index in [1.165, 1.54) is 6.92 Å². The molecule has 0 aromatic rings. The van der Waals surface area contributed by atoms with Crippen LogP contribution in [-0.4, -0.2) is 17.4 Å². The summed E-state index contributed by atoms with van der Waals surface area (Å²) >= 11 is 0. The number of rotatable bonds is 3. The lowest BCUT2D eigenvalue weighted by atomic mass is 9.74. The smallest absolute Gasteiger partial charge is 0.392 e. The van der Waals surface area contributed by atoms with Gasteiger partial charge in [-0.2, -0.15) is 13.2 Å². The van der Waals surface area contributed by atoms with E-state index in [-0.39, 0.29) is 18.3 Å². The molecule has 0 heterocycles. The Labute approximate surface area is 89.7 Å². The summed E-state index contributed by atoms with van der Waals surface area (Å²) in [5.74, 6) is 0. The molecule has 92 valence electrons. The molecule has 15 heavy (non-hydrogen) atoms. The molecule has 0 bridgehead atoms. The average Bonchev–Trinajstić information content (AvgIpc) is 1.97. The fraction of sp³-hybridized carbons (Fsp3) is 1.00. The summed E-state index contributed by atoms with van der Waals surface area (Å²) in [7, 11) is 0. The molecule has 1 nitrogen and oxygen atoms in total. The molecule has 0 saturated heterocycles. The van der Waals surface area contributed by atoms with E-state index in [9.17, 15) is 18.3 Å². The number of aliphatic hydroxyl groups is 1. The highest BCUT2D eigenvalue weighted by molar-refractivity contribution is 4.89. The van der Waals surface area contributed by atoms with E-state index in [1.807, 2.05) is 20.8 Å². The number of aliphatic hydroxyl groups excluding tert-OH is 1. The molecule has 0 aliphatic rings. The van der Waals surface area contributed by atoms with E-state index >= 15 is 0 Å². The van der Waals surface area contributed by atoms with Crippen LogP contribution in [0.15, 0.2) is 0 Å². The minimum atomic E-state index is -4.35. The monoisotopic (exact) mass is 226 g/mol. The second kappa shape index (κ2) is 4.32. The Hall–Kier alpha value is -0.250. The molecule has 2 unspecified atom stereocenters. The van der Waals surface area contributed by atoms with Crippen molar-refractivity contribution < 1.29 is 18.3 Å². The van der Waals surface area contributed by atoms with E-state index in [2.05, 4.69) is 0 Å². The molecular formula is C11H21F3O. The Kier molecular flexibility index (Phi) is 4.25. The Morgan fingerprint density at radius 1 is 1.07 bits per heavy atom. The summed E-state index contributed by atoms with van der Waals surface area (Å²) < 4.78 is 38.3. The molecule has 0 aromatic heterocycles. The minimum absolute atomic E-state index is 0.103. The van der Waals surface area contributed by atoms with E-state index in [4.69, 9.17) is 0 Å². The van der Waals surface area contributed by atoms with Crippen molar-refractivity contribution in [3.63, 3.8) is 0 Å². The molecule has 0 fully saturated rings. The Morgan fingerprint density at radius 3 is 1.67 bits per heavy atom. The van der Waals surface area contributed by atoms with E-state index in [0.29, 0.717) is 0 Å². The maximum Gasteiger partial charge on any atom is 0.396 e. The maximum atomic E-state index is 12.8. The quantitative estimate of drug-likeness (QED) is 0.776. The first-order chi connectivity index (χ1) is 6.44. The third-order valence-corrected chi connectivity index (χ3v) is 2.92. The third-order valence-electron chi connectivity index (χ3n) is 2.92. The second-order valence-corrected chi connectivity index (χ2v) is 5.55. The molecule has 2 atom stereocenters. The summed E-state index contributed by atoms with van der Waals surface area (Å²) in [4.78, 5) is 0. The van der Waals surface area contributed by atoms with Gasteiger partial charge in [0.2, 0.25) is 0 Å². The van der Waals surface area contributed by atoms with Gasteiger partial charge < -0.3 is 5.11 Å². The first-order valence-corrected chi connectivity index (χ1v) is 5.19. The maximum absolute atomic E-state index is 12.8.